The molecule has 0 bridgehead atoms. The van der Waals surface area contributed by atoms with Crippen LogP contribution in [0, 0.1) is 0 Å². The van der Waals surface area contributed by atoms with Crippen LogP contribution in [0.4, 0.5) is 0 Å². The molecular weight excluding hydrogens is 466 g/mol. The van der Waals surface area contributed by atoms with E-state index in [1.165, 1.54) is 27.1 Å². The molecule has 2 amide bonds. The number of amides is 2. The Kier molecular flexibility index (Phi) is 6.18. The van der Waals surface area contributed by atoms with Gasteiger partial charge in [-0.2, -0.15) is 0 Å². The van der Waals surface area contributed by atoms with Crippen LogP contribution in [0.3, 0.4) is 0 Å². The molecule has 1 saturated heterocycles. The largest absolute Gasteiger partial charge is 0.454 e. The van der Waals surface area contributed by atoms with Crippen LogP contribution in [0.1, 0.15) is 16.0 Å². The number of ether oxygens (including phenoxy) is 2. The van der Waals surface area contributed by atoms with Crippen LogP contribution in [-0.2, 0) is 22.6 Å². The highest BCUT2D eigenvalue weighted by Gasteiger charge is 2.32. The Morgan fingerprint density at radius 2 is 2.12 bits per heavy atom. The van der Waals surface area contributed by atoms with Crippen molar-refractivity contribution in [2.24, 2.45) is 0 Å². The average Bonchev–Trinajstić information content (AvgIpc) is 3.49. The molecule has 0 unspecified atom stereocenters. The molecule has 0 spiro atoms. The fraction of sp³-hybridized carbons (Fsp3) is 0.318. The molecule has 1 fully saturated rings. The lowest BCUT2D eigenvalue weighted by molar-refractivity contribution is -0.124. The average molecular weight is 488 g/mol. The number of rotatable bonds is 6. The minimum Gasteiger partial charge on any atom is -0.454 e. The van der Waals surface area contributed by atoms with Gasteiger partial charge in [0.15, 0.2) is 11.5 Å². The van der Waals surface area contributed by atoms with Crippen LogP contribution in [0.15, 0.2) is 34.6 Å². The first-order chi connectivity index (χ1) is 15.6. The van der Waals surface area contributed by atoms with Crippen molar-refractivity contribution in [2.75, 3.05) is 33.0 Å². The number of nitrogens with zero attached hydrogens (tertiary/aromatic N) is 2. The molecule has 10 heteroatoms. The summed E-state index contributed by atoms with van der Waals surface area (Å²) in [5.41, 5.74) is 2.17. The van der Waals surface area contributed by atoms with Crippen LogP contribution in [-0.4, -0.2) is 58.9 Å². The van der Waals surface area contributed by atoms with E-state index in [0.29, 0.717) is 40.4 Å². The topological polar surface area (TPSA) is 71.1 Å². The van der Waals surface area contributed by atoms with Gasteiger partial charge in [0, 0.05) is 31.1 Å². The van der Waals surface area contributed by atoms with E-state index in [4.69, 9.17) is 21.7 Å². The third kappa shape index (κ3) is 4.54. The van der Waals surface area contributed by atoms with Gasteiger partial charge in [-0.1, -0.05) is 30.0 Å². The lowest BCUT2D eigenvalue weighted by Gasteiger charge is -2.26. The number of hydrogen-bond acceptors (Lipinski definition) is 8. The first-order valence-electron chi connectivity index (χ1n) is 10.3. The van der Waals surface area contributed by atoms with Gasteiger partial charge in [0.2, 0.25) is 12.7 Å². The second kappa shape index (κ2) is 9.22. The molecule has 32 heavy (non-hydrogen) atoms. The van der Waals surface area contributed by atoms with Crippen LogP contribution < -0.4 is 14.8 Å². The summed E-state index contributed by atoms with van der Waals surface area (Å²) in [6.45, 7) is 2.98. The fourth-order valence-corrected chi connectivity index (χ4v) is 6.05. The molecule has 5 rings (SSSR count). The maximum absolute atomic E-state index is 12.8. The molecular formula is C22H21N3O4S3. The number of nitrogens with one attached hydrogen (secondary N) is 1. The predicted octanol–water partition coefficient (Wildman–Crippen LogP) is 2.85. The lowest BCUT2D eigenvalue weighted by Crippen LogP contribution is -2.42. The van der Waals surface area contributed by atoms with E-state index in [-0.39, 0.29) is 18.6 Å². The van der Waals surface area contributed by atoms with Crippen LogP contribution in [0.5, 0.6) is 11.5 Å². The summed E-state index contributed by atoms with van der Waals surface area (Å²) >= 11 is 8.44. The standard InChI is InChI=1S/C22H21N3O4S3/c26-20(12-24-6-3-18-15(11-24)4-8-31-18)23-5-7-25-21(27)19(32-22(25)30)10-14-1-2-16-17(9-14)29-13-28-16/h1-2,4,8-10H,3,5-7,11-13H2,(H,23,26)/b19-10+. The molecule has 166 valence electrons. The summed E-state index contributed by atoms with van der Waals surface area (Å²) in [7, 11) is 0. The van der Waals surface area contributed by atoms with Crippen molar-refractivity contribution in [1.29, 1.82) is 0 Å². The summed E-state index contributed by atoms with van der Waals surface area (Å²) in [5.74, 6) is 1.18. The number of carbonyl (C=O) groups is 2. The quantitative estimate of drug-likeness (QED) is 0.496. The van der Waals surface area contributed by atoms with Crippen molar-refractivity contribution in [3.63, 3.8) is 0 Å². The molecule has 1 N–H and O–H groups in total. The Hall–Kier alpha value is -2.40. The zero-order chi connectivity index (χ0) is 22.1. The second-order valence-electron chi connectivity index (χ2n) is 7.63. The monoisotopic (exact) mass is 487 g/mol. The van der Waals surface area contributed by atoms with Gasteiger partial charge in [-0.05, 0) is 47.2 Å². The molecule has 4 heterocycles. The first-order valence-corrected chi connectivity index (χ1v) is 12.4. The normalized spacial score (nSPS) is 19.0. The number of benzene rings is 1. The molecule has 0 saturated carbocycles. The van der Waals surface area contributed by atoms with Crippen LogP contribution in [0.25, 0.3) is 6.08 Å². The summed E-state index contributed by atoms with van der Waals surface area (Å²) in [6.07, 6.45) is 2.79. The van der Waals surface area contributed by atoms with Crippen molar-refractivity contribution in [3.8, 4) is 11.5 Å². The van der Waals surface area contributed by atoms with Crippen molar-refractivity contribution < 1.29 is 19.1 Å². The minimum atomic E-state index is -0.145. The summed E-state index contributed by atoms with van der Waals surface area (Å²) in [6, 6.07) is 7.68. The Morgan fingerprint density at radius 3 is 3.03 bits per heavy atom. The highest BCUT2D eigenvalue weighted by Crippen LogP contribution is 2.36. The van der Waals surface area contributed by atoms with Gasteiger partial charge >= 0.3 is 0 Å². The van der Waals surface area contributed by atoms with E-state index >= 15 is 0 Å². The molecule has 2 aromatic rings. The molecule has 3 aliphatic rings. The summed E-state index contributed by atoms with van der Waals surface area (Å²) < 4.78 is 11.2. The minimum absolute atomic E-state index is 0.0370. The van der Waals surface area contributed by atoms with Crippen LogP contribution >= 0.6 is 35.3 Å². The van der Waals surface area contributed by atoms with Crippen molar-refractivity contribution in [3.05, 3.63) is 50.6 Å². The first kappa shape index (κ1) is 21.4. The summed E-state index contributed by atoms with van der Waals surface area (Å²) in [5, 5.41) is 5.03. The predicted molar refractivity (Wildman–Crippen MR) is 129 cm³/mol. The molecule has 0 aliphatic carbocycles. The molecule has 0 radical (unpaired) electrons. The van der Waals surface area contributed by atoms with Gasteiger partial charge in [0.25, 0.3) is 5.91 Å². The molecule has 3 aliphatic heterocycles. The Bertz CT molecular complexity index is 1110. The van der Waals surface area contributed by atoms with Gasteiger partial charge in [-0.15, -0.1) is 11.3 Å². The van der Waals surface area contributed by atoms with Crippen molar-refractivity contribution in [2.45, 2.75) is 13.0 Å². The number of carbonyl (C=O) groups excluding carboxylic acids is 2. The lowest BCUT2D eigenvalue weighted by atomic mass is 10.1. The zero-order valence-corrected chi connectivity index (χ0v) is 19.6. The van der Waals surface area contributed by atoms with Gasteiger partial charge in [-0.3, -0.25) is 19.4 Å². The zero-order valence-electron chi connectivity index (χ0n) is 17.2. The van der Waals surface area contributed by atoms with Gasteiger partial charge in [-0.25, -0.2) is 0 Å². The molecule has 1 aromatic carbocycles. The third-order valence-corrected chi connectivity index (χ3v) is 7.88. The van der Waals surface area contributed by atoms with E-state index in [1.807, 2.05) is 18.2 Å². The SMILES string of the molecule is O=C(CN1CCc2sccc2C1)NCCN1C(=O)/C(=C\c2ccc3c(c2)OCO3)SC1=S. The van der Waals surface area contributed by atoms with Crippen LogP contribution in [0.2, 0.25) is 0 Å². The van der Waals surface area contributed by atoms with E-state index in [0.717, 1.165) is 25.1 Å². The van der Waals surface area contributed by atoms with Gasteiger partial charge < -0.3 is 14.8 Å². The maximum atomic E-state index is 12.8. The Morgan fingerprint density at radius 1 is 1.25 bits per heavy atom. The van der Waals surface area contributed by atoms with Gasteiger partial charge in [0.1, 0.15) is 4.32 Å². The third-order valence-electron chi connectivity index (χ3n) is 5.48. The molecule has 0 atom stereocenters. The maximum Gasteiger partial charge on any atom is 0.266 e. The van der Waals surface area contributed by atoms with Crippen molar-refractivity contribution >= 4 is 57.5 Å². The number of thiophene rings is 1. The molecule has 7 nitrogen and oxygen atoms in total. The number of thiocarbonyl (C=S) groups is 1. The van der Waals surface area contributed by atoms with E-state index < -0.39 is 0 Å². The van der Waals surface area contributed by atoms with Gasteiger partial charge in [0.05, 0.1) is 11.4 Å². The smallest absolute Gasteiger partial charge is 0.266 e. The Balaban J connectivity index is 1.12. The second-order valence-corrected chi connectivity index (χ2v) is 10.3. The van der Waals surface area contributed by atoms with Crippen molar-refractivity contribution in [1.82, 2.24) is 15.1 Å². The fourth-order valence-electron chi connectivity index (χ4n) is 3.86. The van der Waals surface area contributed by atoms with E-state index in [2.05, 4.69) is 21.7 Å². The Labute approximate surface area is 199 Å². The highest BCUT2D eigenvalue weighted by molar-refractivity contribution is 8.26. The highest BCUT2D eigenvalue weighted by atomic mass is 32.2. The number of fused-ring (bicyclic) bond motifs is 2. The number of hydrogen-bond donors (Lipinski definition) is 1. The van der Waals surface area contributed by atoms with E-state index in [9.17, 15) is 9.59 Å². The van der Waals surface area contributed by atoms with E-state index in [1.54, 1.807) is 17.4 Å². The molecule has 1 aromatic heterocycles. The summed E-state index contributed by atoms with van der Waals surface area (Å²) in [4.78, 5) is 30.9. The number of thioether (sulfide) groups is 1.